The molecule has 1 saturated carbocycles. The SMILES string of the molecule is CC(C)c1ccc(C2(O)CCCCCC2)cc1. The Morgan fingerprint density at radius 3 is 1.94 bits per heavy atom. The highest BCUT2D eigenvalue weighted by atomic mass is 16.3. The van der Waals surface area contributed by atoms with E-state index in [0.717, 1.165) is 31.2 Å². The number of hydrogen-bond donors (Lipinski definition) is 1. The molecule has 1 aromatic rings. The predicted molar refractivity (Wildman–Crippen MR) is 72.1 cm³/mol. The summed E-state index contributed by atoms with van der Waals surface area (Å²) in [7, 11) is 0. The fourth-order valence-electron chi connectivity index (χ4n) is 2.78. The summed E-state index contributed by atoms with van der Waals surface area (Å²) in [5.74, 6) is 0.563. The standard InChI is InChI=1S/C16H24O/c1-13(2)14-7-9-15(10-8-14)16(17)11-5-3-4-6-12-16/h7-10,13,17H,3-6,11-12H2,1-2H3. The van der Waals surface area contributed by atoms with Crippen molar-refractivity contribution in [3.05, 3.63) is 35.4 Å². The van der Waals surface area contributed by atoms with Gasteiger partial charge in [0.15, 0.2) is 0 Å². The summed E-state index contributed by atoms with van der Waals surface area (Å²) in [5, 5.41) is 10.8. The van der Waals surface area contributed by atoms with Gasteiger partial charge in [-0.05, 0) is 29.9 Å². The van der Waals surface area contributed by atoms with Gasteiger partial charge in [-0.15, -0.1) is 0 Å². The molecular formula is C16H24O. The molecular weight excluding hydrogens is 208 g/mol. The van der Waals surface area contributed by atoms with Gasteiger partial charge in [-0.1, -0.05) is 63.8 Å². The van der Waals surface area contributed by atoms with Crippen molar-refractivity contribution >= 4 is 0 Å². The minimum atomic E-state index is -0.563. The molecule has 1 N–H and O–H groups in total. The molecule has 0 atom stereocenters. The van der Waals surface area contributed by atoms with Gasteiger partial charge in [0.05, 0.1) is 5.60 Å². The first kappa shape index (κ1) is 12.6. The monoisotopic (exact) mass is 232 g/mol. The molecule has 0 bridgehead atoms. The molecule has 1 heteroatoms. The maximum atomic E-state index is 10.8. The lowest BCUT2D eigenvalue weighted by Crippen LogP contribution is -2.24. The molecule has 0 aliphatic heterocycles. The fraction of sp³-hybridized carbons (Fsp3) is 0.625. The molecule has 0 aromatic heterocycles. The Kier molecular flexibility index (Phi) is 3.88. The van der Waals surface area contributed by atoms with Gasteiger partial charge in [0, 0.05) is 0 Å². The zero-order valence-electron chi connectivity index (χ0n) is 11.1. The van der Waals surface area contributed by atoms with E-state index in [1.807, 2.05) is 0 Å². The molecule has 0 radical (unpaired) electrons. The molecule has 1 nitrogen and oxygen atoms in total. The van der Waals surface area contributed by atoms with Crippen molar-refractivity contribution in [1.82, 2.24) is 0 Å². The fourth-order valence-corrected chi connectivity index (χ4v) is 2.78. The van der Waals surface area contributed by atoms with Crippen LogP contribution in [0.15, 0.2) is 24.3 Å². The molecule has 0 saturated heterocycles. The number of rotatable bonds is 2. The van der Waals surface area contributed by atoms with Crippen LogP contribution in [0.25, 0.3) is 0 Å². The quantitative estimate of drug-likeness (QED) is 0.751. The highest BCUT2D eigenvalue weighted by molar-refractivity contribution is 5.28. The summed E-state index contributed by atoms with van der Waals surface area (Å²) in [4.78, 5) is 0. The minimum Gasteiger partial charge on any atom is -0.385 e. The Morgan fingerprint density at radius 2 is 1.47 bits per heavy atom. The van der Waals surface area contributed by atoms with E-state index in [1.54, 1.807) is 0 Å². The number of hydrogen-bond acceptors (Lipinski definition) is 1. The summed E-state index contributed by atoms with van der Waals surface area (Å²) in [6.07, 6.45) is 6.70. The van der Waals surface area contributed by atoms with Crippen molar-refractivity contribution in [2.75, 3.05) is 0 Å². The molecule has 1 aliphatic rings. The van der Waals surface area contributed by atoms with Crippen LogP contribution in [0, 0.1) is 0 Å². The third-order valence-corrected chi connectivity index (χ3v) is 4.05. The van der Waals surface area contributed by atoms with E-state index in [4.69, 9.17) is 0 Å². The summed E-state index contributed by atoms with van der Waals surface area (Å²) < 4.78 is 0. The summed E-state index contributed by atoms with van der Waals surface area (Å²) >= 11 is 0. The zero-order chi connectivity index (χ0) is 12.3. The van der Waals surface area contributed by atoms with Gasteiger partial charge < -0.3 is 5.11 Å². The lowest BCUT2D eigenvalue weighted by Gasteiger charge is -2.27. The number of aliphatic hydroxyl groups is 1. The van der Waals surface area contributed by atoms with Crippen LogP contribution in [0.5, 0.6) is 0 Å². The molecule has 2 rings (SSSR count). The number of benzene rings is 1. The Balaban J connectivity index is 2.19. The highest BCUT2D eigenvalue weighted by Gasteiger charge is 2.29. The third kappa shape index (κ3) is 2.90. The van der Waals surface area contributed by atoms with Crippen LogP contribution in [0.2, 0.25) is 0 Å². The van der Waals surface area contributed by atoms with Crippen molar-refractivity contribution in [3.63, 3.8) is 0 Å². The van der Waals surface area contributed by atoms with E-state index in [0.29, 0.717) is 5.92 Å². The zero-order valence-corrected chi connectivity index (χ0v) is 11.1. The average molecular weight is 232 g/mol. The van der Waals surface area contributed by atoms with Crippen LogP contribution >= 0.6 is 0 Å². The Labute approximate surface area is 105 Å². The van der Waals surface area contributed by atoms with Gasteiger partial charge in [0.25, 0.3) is 0 Å². The van der Waals surface area contributed by atoms with Gasteiger partial charge in [-0.25, -0.2) is 0 Å². The molecule has 0 unspecified atom stereocenters. The van der Waals surface area contributed by atoms with E-state index in [1.165, 1.54) is 18.4 Å². The van der Waals surface area contributed by atoms with Crippen molar-refractivity contribution in [2.24, 2.45) is 0 Å². The van der Waals surface area contributed by atoms with Crippen LogP contribution in [-0.4, -0.2) is 5.11 Å². The van der Waals surface area contributed by atoms with Crippen molar-refractivity contribution in [1.29, 1.82) is 0 Å². The Hall–Kier alpha value is -0.820. The van der Waals surface area contributed by atoms with Crippen LogP contribution < -0.4 is 0 Å². The van der Waals surface area contributed by atoms with Crippen LogP contribution in [-0.2, 0) is 5.60 Å². The molecule has 0 heterocycles. The predicted octanol–water partition coefficient (Wildman–Crippen LogP) is 4.35. The maximum absolute atomic E-state index is 10.8. The Morgan fingerprint density at radius 1 is 0.941 bits per heavy atom. The van der Waals surface area contributed by atoms with Crippen molar-refractivity contribution in [3.8, 4) is 0 Å². The van der Waals surface area contributed by atoms with E-state index in [-0.39, 0.29) is 0 Å². The maximum Gasteiger partial charge on any atom is 0.0896 e. The molecule has 0 amide bonds. The summed E-state index contributed by atoms with van der Waals surface area (Å²) in [6, 6.07) is 8.59. The van der Waals surface area contributed by atoms with Gasteiger partial charge >= 0.3 is 0 Å². The highest BCUT2D eigenvalue weighted by Crippen LogP contribution is 2.36. The lowest BCUT2D eigenvalue weighted by molar-refractivity contribution is 0.0207. The second kappa shape index (κ2) is 5.22. The van der Waals surface area contributed by atoms with Gasteiger partial charge in [0.1, 0.15) is 0 Å². The van der Waals surface area contributed by atoms with E-state index in [9.17, 15) is 5.11 Å². The smallest absolute Gasteiger partial charge is 0.0896 e. The van der Waals surface area contributed by atoms with Crippen LogP contribution in [0.3, 0.4) is 0 Å². The lowest BCUT2D eigenvalue weighted by atomic mass is 9.85. The van der Waals surface area contributed by atoms with Crippen molar-refractivity contribution < 1.29 is 5.11 Å². The second-order valence-electron chi connectivity index (χ2n) is 5.72. The third-order valence-electron chi connectivity index (χ3n) is 4.05. The second-order valence-corrected chi connectivity index (χ2v) is 5.72. The van der Waals surface area contributed by atoms with E-state index >= 15 is 0 Å². The molecule has 94 valence electrons. The van der Waals surface area contributed by atoms with Crippen LogP contribution in [0.1, 0.15) is 69.4 Å². The molecule has 0 spiro atoms. The van der Waals surface area contributed by atoms with Gasteiger partial charge in [0.2, 0.25) is 0 Å². The summed E-state index contributed by atoms with van der Waals surface area (Å²) in [6.45, 7) is 4.41. The first-order chi connectivity index (χ1) is 8.12. The van der Waals surface area contributed by atoms with Gasteiger partial charge in [-0.2, -0.15) is 0 Å². The minimum absolute atomic E-state index is 0.563. The summed E-state index contributed by atoms with van der Waals surface area (Å²) in [5.41, 5.74) is 1.90. The van der Waals surface area contributed by atoms with E-state index < -0.39 is 5.60 Å². The van der Waals surface area contributed by atoms with Gasteiger partial charge in [-0.3, -0.25) is 0 Å². The molecule has 1 aliphatic carbocycles. The molecule has 1 aromatic carbocycles. The van der Waals surface area contributed by atoms with E-state index in [2.05, 4.69) is 38.1 Å². The first-order valence-electron chi connectivity index (χ1n) is 6.95. The largest absolute Gasteiger partial charge is 0.385 e. The average Bonchev–Trinajstić information content (AvgIpc) is 2.55. The van der Waals surface area contributed by atoms with Crippen LogP contribution in [0.4, 0.5) is 0 Å². The normalized spacial score (nSPS) is 20.2. The molecule has 17 heavy (non-hydrogen) atoms. The van der Waals surface area contributed by atoms with Crippen molar-refractivity contribution in [2.45, 2.75) is 63.9 Å². The Bertz CT molecular complexity index is 342. The molecule has 1 fully saturated rings. The first-order valence-corrected chi connectivity index (χ1v) is 6.95. The topological polar surface area (TPSA) is 20.2 Å².